The molecule has 0 saturated heterocycles. The first kappa shape index (κ1) is 16.1. The summed E-state index contributed by atoms with van der Waals surface area (Å²) in [7, 11) is -0.00552. The lowest BCUT2D eigenvalue weighted by molar-refractivity contribution is 0.512. The van der Waals surface area contributed by atoms with Gasteiger partial charge in [0, 0.05) is 26.7 Å². The third-order valence-electron chi connectivity index (χ3n) is 3.27. The number of nitrogens with one attached hydrogen (secondary N) is 1. The van der Waals surface area contributed by atoms with E-state index in [1.54, 1.807) is 14.1 Å². The van der Waals surface area contributed by atoms with E-state index in [0.717, 1.165) is 0 Å². The van der Waals surface area contributed by atoms with Crippen molar-refractivity contribution in [3.8, 4) is 0 Å². The highest BCUT2D eigenvalue weighted by molar-refractivity contribution is 7.89. The molecule has 1 unspecified atom stereocenters. The normalized spacial score (nSPS) is 13.8. The number of hydrogen-bond acceptors (Lipinski definition) is 3. The molecule has 0 fully saturated rings. The average molecular weight is 284 g/mol. The summed E-state index contributed by atoms with van der Waals surface area (Å²) >= 11 is 0. The van der Waals surface area contributed by atoms with Crippen LogP contribution in [0.25, 0.3) is 0 Å². The van der Waals surface area contributed by atoms with Crippen molar-refractivity contribution in [1.82, 2.24) is 9.62 Å². The number of aryl methyl sites for hydroxylation is 2. The Morgan fingerprint density at radius 1 is 1.26 bits per heavy atom. The molecule has 0 aromatic heterocycles. The first-order valence-electron chi connectivity index (χ1n) is 6.45. The van der Waals surface area contributed by atoms with Crippen LogP contribution in [0.4, 0.5) is 0 Å². The highest BCUT2D eigenvalue weighted by atomic mass is 32.2. The molecule has 1 aromatic rings. The van der Waals surface area contributed by atoms with Crippen LogP contribution in [0.15, 0.2) is 18.2 Å². The molecule has 0 amide bonds. The second-order valence-corrected chi connectivity index (χ2v) is 7.44. The molecule has 108 valence electrons. The Morgan fingerprint density at radius 2 is 1.89 bits per heavy atom. The van der Waals surface area contributed by atoms with Gasteiger partial charge in [-0.25, -0.2) is 12.7 Å². The summed E-state index contributed by atoms with van der Waals surface area (Å²) < 4.78 is 24.6. The molecule has 0 heterocycles. The summed E-state index contributed by atoms with van der Waals surface area (Å²) in [5.74, 6) is 0.120. The number of rotatable bonds is 6. The van der Waals surface area contributed by atoms with Crippen LogP contribution in [-0.4, -0.2) is 39.1 Å². The van der Waals surface area contributed by atoms with E-state index in [2.05, 4.69) is 44.3 Å². The number of sulfonamides is 1. The highest BCUT2D eigenvalue weighted by Crippen LogP contribution is 2.18. The van der Waals surface area contributed by atoms with Gasteiger partial charge in [-0.15, -0.1) is 0 Å². The molecular formula is C14H24N2O2S. The molecule has 0 bridgehead atoms. The minimum atomic E-state index is -3.12. The van der Waals surface area contributed by atoms with Crippen molar-refractivity contribution < 1.29 is 8.42 Å². The summed E-state index contributed by atoms with van der Waals surface area (Å²) in [4.78, 5) is 0. The van der Waals surface area contributed by atoms with Crippen LogP contribution < -0.4 is 5.32 Å². The van der Waals surface area contributed by atoms with E-state index in [1.165, 1.54) is 21.0 Å². The Morgan fingerprint density at radius 3 is 2.47 bits per heavy atom. The van der Waals surface area contributed by atoms with Crippen LogP contribution in [0.5, 0.6) is 0 Å². The zero-order chi connectivity index (χ0) is 14.6. The standard InChI is InChI=1S/C14H24N2O2S/c1-11-6-7-12(2)14(10-11)13(3)15-8-9-19(17,18)16(4)5/h6-7,10,13,15H,8-9H2,1-5H3. The van der Waals surface area contributed by atoms with E-state index >= 15 is 0 Å². The second kappa shape index (κ2) is 6.50. The highest BCUT2D eigenvalue weighted by Gasteiger charge is 2.14. The molecule has 0 spiro atoms. The van der Waals surface area contributed by atoms with E-state index in [0.29, 0.717) is 6.54 Å². The topological polar surface area (TPSA) is 49.4 Å². The van der Waals surface area contributed by atoms with E-state index < -0.39 is 10.0 Å². The van der Waals surface area contributed by atoms with Crippen LogP contribution in [0.3, 0.4) is 0 Å². The summed E-state index contributed by atoms with van der Waals surface area (Å²) in [6.07, 6.45) is 0. The fourth-order valence-electron chi connectivity index (χ4n) is 1.92. The van der Waals surface area contributed by atoms with Gasteiger partial charge >= 0.3 is 0 Å². The van der Waals surface area contributed by atoms with E-state index in [-0.39, 0.29) is 11.8 Å². The Balaban J connectivity index is 2.61. The van der Waals surface area contributed by atoms with Crippen LogP contribution in [0.1, 0.15) is 29.7 Å². The van der Waals surface area contributed by atoms with Gasteiger partial charge in [0.2, 0.25) is 10.0 Å². The van der Waals surface area contributed by atoms with Gasteiger partial charge in [-0.2, -0.15) is 0 Å². The smallest absolute Gasteiger partial charge is 0.214 e. The SMILES string of the molecule is Cc1ccc(C)c(C(C)NCCS(=O)(=O)N(C)C)c1. The van der Waals surface area contributed by atoms with Gasteiger partial charge in [-0.05, 0) is 31.9 Å². The van der Waals surface area contributed by atoms with Crippen LogP contribution in [-0.2, 0) is 10.0 Å². The maximum Gasteiger partial charge on any atom is 0.214 e. The quantitative estimate of drug-likeness (QED) is 0.867. The monoisotopic (exact) mass is 284 g/mol. The molecule has 0 radical (unpaired) electrons. The van der Waals surface area contributed by atoms with Crippen molar-refractivity contribution in [3.05, 3.63) is 34.9 Å². The van der Waals surface area contributed by atoms with Gasteiger partial charge < -0.3 is 5.32 Å². The van der Waals surface area contributed by atoms with Crippen LogP contribution >= 0.6 is 0 Å². The molecule has 0 saturated carbocycles. The van der Waals surface area contributed by atoms with Crippen molar-refractivity contribution in [3.63, 3.8) is 0 Å². The minimum absolute atomic E-state index is 0.120. The Bertz CT molecular complexity index is 524. The van der Waals surface area contributed by atoms with Crippen LogP contribution in [0, 0.1) is 13.8 Å². The van der Waals surface area contributed by atoms with Gasteiger partial charge in [0.15, 0.2) is 0 Å². The van der Waals surface area contributed by atoms with Gasteiger partial charge in [-0.3, -0.25) is 0 Å². The molecule has 0 aliphatic rings. The Hall–Kier alpha value is -0.910. The largest absolute Gasteiger partial charge is 0.309 e. The lowest BCUT2D eigenvalue weighted by Gasteiger charge is -2.18. The second-order valence-electron chi connectivity index (χ2n) is 5.13. The molecule has 1 atom stereocenters. The fourth-order valence-corrected chi connectivity index (χ4v) is 2.66. The lowest BCUT2D eigenvalue weighted by Crippen LogP contribution is -2.32. The summed E-state index contributed by atoms with van der Waals surface area (Å²) in [5.41, 5.74) is 3.67. The van der Waals surface area contributed by atoms with Crippen molar-refractivity contribution in [2.45, 2.75) is 26.8 Å². The molecule has 5 heteroatoms. The molecule has 1 N–H and O–H groups in total. The summed E-state index contributed by atoms with van der Waals surface area (Å²) in [5, 5.41) is 3.27. The molecule has 1 aromatic carbocycles. The summed E-state index contributed by atoms with van der Waals surface area (Å²) in [6, 6.07) is 6.48. The average Bonchev–Trinajstić information content (AvgIpc) is 2.31. The predicted octanol–water partition coefficient (Wildman–Crippen LogP) is 1.85. The maximum atomic E-state index is 11.7. The van der Waals surface area contributed by atoms with Crippen molar-refractivity contribution >= 4 is 10.0 Å². The lowest BCUT2D eigenvalue weighted by atomic mass is 10.00. The minimum Gasteiger partial charge on any atom is -0.309 e. The number of benzene rings is 1. The molecule has 0 aliphatic heterocycles. The van der Waals surface area contributed by atoms with Crippen molar-refractivity contribution in [2.24, 2.45) is 0 Å². The number of nitrogens with zero attached hydrogens (tertiary/aromatic N) is 1. The molecule has 0 aliphatic carbocycles. The maximum absolute atomic E-state index is 11.7. The third kappa shape index (κ3) is 4.60. The fraction of sp³-hybridized carbons (Fsp3) is 0.571. The first-order chi connectivity index (χ1) is 8.74. The van der Waals surface area contributed by atoms with E-state index in [4.69, 9.17) is 0 Å². The van der Waals surface area contributed by atoms with Crippen molar-refractivity contribution in [1.29, 1.82) is 0 Å². The first-order valence-corrected chi connectivity index (χ1v) is 8.05. The molecule has 4 nitrogen and oxygen atoms in total. The third-order valence-corrected chi connectivity index (χ3v) is 5.10. The van der Waals surface area contributed by atoms with E-state index in [9.17, 15) is 8.42 Å². The summed E-state index contributed by atoms with van der Waals surface area (Å²) in [6.45, 7) is 6.65. The van der Waals surface area contributed by atoms with Gasteiger partial charge in [-0.1, -0.05) is 23.8 Å². The van der Waals surface area contributed by atoms with Crippen molar-refractivity contribution in [2.75, 3.05) is 26.4 Å². The van der Waals surface area contributed by atoms with Gasteiger partial charge in [0.1, 0.15) is 0 Å². The van der Waals surface area contributed by atoms with E-state index in [1.807, 2.05) is 0 Å². The molecule has 19 heavy (non-hydrogen) atoms. The Kier molecular flexibility index (Phi) is 5.52. The zero-order valence-corrected chi connectivity index (χ0v) is 13.2. The van der Waals surface area contributed by atoms with Gasteiger partial charge in [0.05, 0.1) is 5.75 Å². The molecule has 1 rings (SSSR count). The van der Waals surface area contributed by atoms with Crippen LogP contribution in [0.2, 0.25) is 0 Å². The Labute approximate surface area is 116 Å². The zero-order valence-electron chi connectivity index (χ0n) is 12.4. The van der Waals surface area contributed by atoms with Gasteiger partial charge in [0.25, 0.3) is 0 Å². The number of hydrogen-bond donors (Lipinski definition) is 1. The molecular weight excluding hydrogens is 260 g/mol. The predicted molar refractivity (Wildman–Crippen MR) is 79.8 cm³/mol.